The summed E-state index contributed by atoms with van der Waals surface area (Å²) >= 11 is 0. The Morgan fingerprint density at radius 2 is 2.05 bits per heavy atom. The molecule has 22 heavy (non-hydrogen) atoms. The summed E-state index contributed by atoms with van der Waals surface area (Å²) < 4.78 is 0. The number of benzene rings is 1. The van der Waals surface area contributed by atoms with E-state index in [4.69, 9.17) is 0 Å². The highest BCUT2D eigenvalue weighted by molar-refractivity contribution is 6.08. The molecule has 1 aromatic heterocycles. The van der Waals surface area contributed by atoms with Gasteiger partial charge in [0.2, 0.25) is 0 Å². The van der Waals surface area contributed by atoms with Crippen LogP contribution in [0.15, 0.2) is 30.5 Å². The second-order valence-corrected chi connectivity index (χ2v) is 5.93. The Morgan fingerprint density at radius 3 is 2.77 bits per heavy atom. The van der Waals surface area contributed by atoms with Gasteiger partial charge in [0.15, 0.2) is 0 Å². The maximum absolute atomic E-state index is 12.3. The molecule has 1 fully saturated rings. The van der Waals surface area contributed by atoms with Crippen molar-refractivity contribution < 1.29 is 4.79 Å². The van der Waals surface area contributed by atoms with Crippen molar-refractivity contribution in [1.82, 2.24) is 15.2 Å². The summed E-state index contributed by atoms with van der Waals surface area (Å²) in [5.74, 6) is -0.0166. The van der Waals surface area contributed by atoms with Crippen molar-refractivity contribution >= 4 is 22.5 Å². The SMILES string of the molecule is CN(C)C(=O)c1ccc(NC2CCNCC2)c2cccnc12. The first kappa shape index (κ1) is 14.8. The normalized spacial score (nSPS) is 15.7. The smallest absolute Gasteiger partial charge is 0.255 e. The number of aromatic nitrogens is 1. The van der Waals surface area contributed by atoms with E-state index in [0.717, 1.165) is 42.5 Å². The summed E-state index contributed by atoms with van der Waals surface area (Å²) in [5, 5.41) is 7.99. The molecule has 0 bridgehead atoms. The van der Waals surface area contributed by atoms with Gasteiger partial charge in [0.1, 0.15) is 0 Å². The van der Waals surface area contributed by atoms with Gasteiger partial charge in [-0.15, -0.1) is 0 Å². The average Bonchev–Trinajstić information content (AvgIpc) is 2.55. The number of carbonyl (C=O) groups excluding carboxylic acids is 1. The van der Waals surface area contributed by atoms with Gasteiger partial charge in [-0.3, -0.25) is 9.78 Å². The third kappa shape index (κ3) is 2.90. The van der Waals surface area contributed by atoms with Crippen LogP contribution in [0.2, 0.25) is 0 Å². The van der Waals surface area contributed by atoms with Crippen LogP contribution in [0, 0.1) is 0 Å². The quantitative estimate of drug-likeness (QED) is 0.911. The molecule has 1 aliphatic rings. The fourth-order valence-corrected chi connectivity index (χ4v) is 2.90. The van der Waals surface area contributed by atoms with Crippen LogP contribution in [0.1, 0.15) is 23.2 Å². The Kier molecular flexibility index (Phi) is 4.24. The zero-order valence-corrected chi connectivity index (χ0v) is 13.1. The molecule has 0 spiro atoms. The Balaban J connectivity index is 1.98. The lowest BCUT2D eigenvalue weighted by molar-refractivity contribution is 0.0829. The molecule has 2 N–H and O–H groups in total. The van der Waals surface area contributed by atoms with E-state index >= 15 is 0 Å². The zero-order chi connectivity index (χ0) is 15.5. The molecule has 3 rings (SSSR count). The van der Waals surface area contributed by atoms with Gasteiger partial charge in [-0.2, -0.15) is 0 Å². The van der Waals surface area contributed by atoms with Gasteiger partial charge in [0.25, 0.3) is 5.91 Å². The van der Waals surface area contributed by atoms with Gasteiger partial charge in [0.05, 0.1) is 11.1 Å². The second-order valence-electron chi connectivity index (χ2n) is 5.93. The van der Waals surface area contributed by atoms with Gasteiger partial charge in [0, 0.05) is 37.4 Å². The molecule has 5 nitrogen and oxygen atoms in total. The number of pyridine rings is 1. The van der Waals surface area contributed by atoms with Crippen molar-refractivity contribution in [3.05, 3.63) is 36.0 Å². The molecule has 0 unspecified atom stereocenters. The van der Waals surface area contributed by atoms with E-state index in [-0.39, 0.29) is 5.91 Å². The molecule has 0 aliphatic carbocycles. The van der Waals surface area contributed by atoms with E-state index in [2.05, 4.69) is 15.6 Å². The molecular weight excluding hydrogens is 276 g/mol. The maximum Gasteiger partial charge on any atom is 0.255 e. The number of hydrogen-bond acceptors (Lipinski definition) is 4. The van der Waals surface area contributed by atoms with Crippen molar-refractivity contribution in [1.29, 1.82) is 0 Å². The summed E-state index contributed by atoms with van der Waals surface area (Å²) in [6, 6.07) is 8.29. The molecular formula is C17H22N4O. The molecule has 5 heteroatoms. The number of anilines is 1. The minimum Gasteiger partial charge on any atom is -0.382 e. The van der Waals surface area contributed by atoms with E-state index < -0.39 is 0 Å². The third-order valence-electron chi connectivity index (χ3n) is 4.11. The third-order valence-corrected chi connectivity index (χ3v) is 4.11. The van der Waals surface area contributed by atoms with E-state index in [9.17, 15) is 4.79 Å². The summed E-state index contributed by atoms with van der Waals surface area (Å²) in [5.41, 5.74) is 2.47. The highest BCUT2D eigenvalue weighted by Crippen LogP contribution is 2.27. The lowest BCUT2D eigenvalue weighted by Crippen LogP contribution is -2.35. The number of fused-ring (bicyclic) bond motifs is 1. The van der Waals surface area contributed by atoms with Crippen molar-refractivity contribution in [2.75, 3.05) is 32.5 Å². The number of piperidine rings is 1. The second kappa shape index (κ2) is 6.32. The molecule has 1 amide bonds. The fraction of sp³-hybridized carbons (Fsp3) is 0.412. The minimum atomic E-state index is -0.0166. The van der Waals surface area contributed by atoms with Crippen LogP contribution in [-0.2, 0) is 0 Å². The first-order valence-corrected chi connectivity index (χ1v) is 7.73. The first-order chi connectivity index (χ1) is 10.7. The van der Waals surface area contributed by atoms with Gasteiger partial charge in [-0.05, 0) is 50.2 Å². The standard InChI is InChI=1S/C17H22N4O/c1-21(2)17(22)14-5-6-15(13-4-3-9-19-16(13)14)20-12-7-10-18-11-8-12/h3-6,9,12,18,20H,7-8,10-11H2,1-2H3. The lowest BCUT2D eigenvalue weighted by Gasteiger charge is -2.25. The molecule has 1 aliphatic heterocycles. The number of hydrogen-bond donors (Lipinski definition) is 2. The van der Waals surface area contributed by atoms with Crippen molar-refractivity contribution in [3.63, 3.8) is 0 Å². The Hall–Kier alpha value is -2.14. The maximum atomic E-state index is 12.3. The number of carbonyl (C=O) groups is 1. The Bertz CT molecular complexity index is 677. The van der Waals surface area contributed by atoms with Crippen LogP contribution in [-0.4, -0.2) is 49.0 Å². The monoisotopic (exact) mass is 298 g/mol. The largest absolute Gasteiger partial charge is 0.382 e. The minimum absolute atomic E-state index is 0.0166. The van der Waals surface area contributed by atoms with Crippen molar-refractivity contribution in [2.24, 2.45) is 0 Å². The summed E-state index contributed by atoms with van der Waals surface area (Å²) in [4.78, 5) is 18.3. The molecule has 1 saturated heterocycles. The summed E-state index contributed by atoms with van der Waals surface area (Å²) in [6.45, 7) is 2.09. The van der Waals surface area contributed by atoms with Gasteiger partial charge in [-0.25, -0.2) is 0 Å². The highest BCUT2D eigenvalue weighted by atomic mass is 16.2. The predicted octanol–water partition coefficient (Wildman–Crippen LogP) is 2.10. The molecule has 0 saturated carbocycles. The van der Waals surface area contributed by atoms with Crippen LogP contribution >= 0.6 is 0 Å². The molecule has 2 heterocycles. The Morgan fingerprint density at radius 1 is 1.27 bits per heavy atom. The van der Waals surface area contributed by atoms with Crippen LogP contribution in [0.25, 0.3) is 10.9 Å². The number of nitrogens with zero attached hydrogens (tertiary/aromatic N) is 2. The molecule has 116 valence electrons. The van der Waals surface area contributed by atoms with E-state index in [0.29, 0.717) is 11.6 Å². The summed E-state index contributed by atoms with van der Waals surface area (Å²) in [7, 11) is 3.52. The van der Waals surface area contributed by atoms with Crippen LogP contribution in [0.4, 0.5) is 5.69 Å². The molecule has 2 aromatic rings. The van der Waals surface area contributed by atoms with E-state index in [1.807, 2.05) is 24.3 Å². The van der Waals surface area contributed by atoms with Crippen LogP contribution in [0.5, 0.6) is 0 Å². The average molecular weight is 298 g/mol. The first-order valence-electron chi connectivity index (χ1n) is 7.73. The topological polar surface area (TPSA) is 57.3 Å². The van der Waals surface area contributed by atoms with E-state index in [1.165, 1.54) is 0 Å². The predicted molar refractivity (Wildman–Crippen MR) is 89.3 cm³/mol. The Labute approximate surface area is 130 Å². The highest BCUT2D eigenvalue weighted by Gasteiger charge is 2.17. The van der Waals surface area contributed by atoms with Gasteiger partial charge >= 0.3 is 0 Å². The van der Waals surface area contributed by atoms with Crippen LogP contribution in [0.3, 0.4) is 0 Å². The molecule has 1 aromatic carbocycles. The van der Waals surface area contributed by atoms with E-state index in [1.54, 1.807) is 25.2 Å². The number of nitrogens with one attached hydrogen (secondary N) is 2. The molecule has 0 radical (unpaired) electrons. The number of amides is 1. The lowest BCUT2D eigenvalue weighted by atomic mass is 10.0. The van der Waals surface area contributed by atoms with Gasteiger partial charge < -0.3 is 15.5 Å². The summed E-state index contributed by atoms with van der Waals surface area (Å²) in [6.07, 6.45) is 3.96. The zero-order valence-electron chi connectivity index (χ0n) is 13.1. The van der Waals surface area contributed by atoms with Crippen LogP contribution < -0.4 is 10.6 Å². The number of rotatable bonds is 3. The fourth-order valence-electron chi connectivity index (χ4n) is 2.90. The molecule has 0 atom stereocenters. The van der Waals surface area contributed by atoms with Crippen molar-refractivity contribution in [3.8, 4) is 0 Å². The van der Waals surface area contributed by atoms with Gasteiger partial charge in [-0.1, -0.05) is 0 Å². The van der Waals surface area contributed by atoms with Crippen molar-refractivity contribution in [2.45, 2.75) is 18.9 Å².